The number of rotatable bonds is 5. The van der Waals surface area contributed by atoms with Gasteiger partial charge in [-0.05, 0) is 30.7 Å². The van der Waals surface area contributed by atoms with E-state index in [4.69, 9.17) is 21.3 Å². The Bertz CT molecular complexity index is 1070. The first-order chi connectivity index (χ1) is 15.0. The van der Waals surface area contributed by atoms with Crippen molar-refractivity contribution >= 4 is 34.3 Å². The second-order valence-corrected chi connectivity index (χ2v) is 7.74. The van der Waals surface area contributed by atoms with E-state index in [9.17, 15) is 9.18 Å². The number of amides is 1. The summed E-state index contributed by atoms with van der Waals surface area (Å²) >= 11 is 6.07. The van der Waals surface area contributed by atoms with E-state index in [1.807, 2.05) is 25.1 Å². The maximum atomic E-state index is 13.6. The zero-order chi connectivity index (χ0) is 21.8. The molecule has 7 nitrogen and oxygen atoms in total. The summed E-state index contributed by atoms with van der Waals surface area (Å²) < 4.78 is 18.5. The van der Waals surface area contributed by atoms with E-state index >= 15 is 0 Å². The first-order valence-corrected chi connectivity index (χ1v) is 10.6. The first-order valence-electron chi connectivity index (χ1n) is 10.3. The lowest BCUT2D eigenvalue weighted by Gasteiger charge is -2.35. The molecule has 1 unspecified atom stereocenters. The molecule has 0 aliphatic carbocycles. The number of nitrogens with zero attached hydrogens (tertiary/aromatic N) is 5. The highest BCUT2D eigenvalue weighted by atomic mass is 35.5. The number of aromatic nitrogens is 3. The maximum Gasteiger partial charge on any atom is 0.412 e. The molecule has 1 aliphatic heterocycles. The molecule has 1 saturated heterocycles. The molecule has 4 rings (SSSR count). The number of carbonyl (C=O) groups excluding carboxylic acids is 1. The Morgan fingerprint density at radius 2 is 2.03 bits per heavy atom. The second-order valence-electron chi connectivity index (χ2n) is 7.35. The van der Waals surface area contributed by atoms with E-state index in [-0.39, 0.29) is 6.42 Å². The molecule has 3 aromatic heterocycles. The number of hydrogen-bond acceptors (Lipinski definition) is 6. The van der Waals surface area contributed by atoms with Gasteiger partial charge in [0.25, 0.3) is 0 Å². The number of alkyl halides is 1. The van der Waals surface area contributed by atoms with Crippen molar-refractivity contribution in [1.29, 1.82) is 0 Å². The van der Waals surface area contributed by atoms with Gasteiger partial charge in [-0.1, -0.05) is 18.5 Å². The van der Waals surface area contributed by atoms with E-state index in [1.54, 1.807) is 24.7 Å². The molecule has 9 heteroatoms. The van der Waals surface area contributed by atoms with Crippen molar-refractivity contribution in [2.75, 3.05) is 31.1 Å². The molecular weight excluding hydrogens is 421 g/mol. The lowest BCUT2D eigenvalue weighted by molar-refractivity contribution is -0.0116. The van der Waals surface area contributed by atoms with Crippen molar-refractivity contribution in [2.24, 2.45) is 0 Å². The highest BCUT2D eigenvalue weighted by Gasteiger charge is 2.26. The van der Waals surface area contributed by atoms with Gasteiger partial charge in [-0.15, -0.1) is 0 Å². The van der Waals surface area contributed by atoms with Gasteiger partial charge in [0.2, 0.25) is 6.36 Å². The van der Waals surface area contributed by atoms with Crippen LogP contribution < -0.4 is 4.90 Å². The summed E-state index contributed by atoms with van der Waals surface area (Å²) in [4.78, 5) is 29.0. The Labute approximate surface area is 184 Å². The molecule has 31 heavy (non-hydrogen) atoms. The van der Waals surface area contributed by atoms with Crippen LogP contribution in [0.3, 0.4) is 0 Å². The van der Waals surface area contributed by atoms with Gasteiger partial charge < -0.3 is 14.5 Å². The summed E-state index contributed by atoms with van der Waals surface area (Å²) in [6, 6.07) is 7.53. The fourth-order valence-electron chi connectivity index (χ4n) is 3.60. The van der Waals surface area contributed by atoms with Crippen molar-refractivity contribution in [1.82, 2.24) is 19.9 Å². The average molecular weight is 444 g/mol. The van der Waals surface area contributed by atoms with Crippen LogP contribution in [0.15, 0.2) is 42.9 Å². The van der Waals surface area contributed by atoms with Crippen molar-refractivity contribution in [2.45, 2.75) is 26.1 Å². The van der Waals surface area contributed by atoms with Gasteiger partial charge in [-0.2, -0.15) is 0 Å². The van der Waals surface area contributed by atoms with Crippen LogP contribution in [0, 0.1) is 0 Å². The van der Waals surface area contributed by atoms with Crippen LogP contribution in [0.4, 0.5) is 15.0 Å². The number of ether oxygens (including phenoxy) is 1. The zero-order valence-electron chi connectivity index (χ0n) is 17.2. The molecule has 4 heterocycles. The Morgan fingerprint density at radius 3 is 2.77 bits per heavy atom. The fourth-order valence-corrected chi connectivity index (χ4v) is 3.77. The lowest BCUT2D eigenvalue weighted by Crippen LogP contribution is -2.49. The first kappa shape index (κ1) is 21.2. The third-order valence-corrected chi connectivity index (χ3v) is 5.42. The number of hydrogen-bond donors (Lipinski definition) is 0. The Kier molecular flexibility index (Phi) is 6.46. The summed E-state index contributed by atoms with van der Waals surface area (Å²) in [6.45, 7) is 3.82. The van der Waals surface area contributed by atoms with Gasteiger partial charge in [0.05, 0.1) is 5.69 Å². The van der Waals surface area contributed by atoms with Gasteiger partial charge in [0, 0.05) is 67.5 Å². The Morgan fingerprint density at radius 1 is 1.23 bits per heavy atom. The van der Waals surface area contributed by atoms with Crippen LogP contribution in [0.5, 0.6) is 0 Å². The molecule has 162 valence electrons. The van der Waals surface area contributed by atoms with Gasteiger partial charge in [0.1, 0.15) is 11.0 Å². The maximum absolute atomic E-state index is 13.6. The summed E-state index contributed by atoms with van der Waals surface area (Å²) in [6.07, 6.45) is 3.85. The number of halogens is 2. The summed E-state index contributed by atoms with van der Waals surface area (Å²) in [5, 5.41) is 2.33. The van der Waals surface area contributed by atoms with Crippen LogP contribution in [-0.2, 0) is 4.74 Å². The topological polar surface area (TPSA) is 71.5 Å². The molecule has 0 aromatic carbocycles. The normalized spacial score (nSPS) is 15.2. The smallest absolute Gasteiger partial charge is 0.412 e. The molecule has 3 aromatic rings. The summed E-state index contributed by atoms with van der Waals surface area (Å²) in [7, 11) is 0. The predicted molar refractivity (Wildman–Crippen MR) is 118 cm³/mol. The van der Waals surface area contributed by atoms with E-state index < -0.39 is 12.5 Å². The van der Waals surface area contributed by atoms with Crippen LogP contribution in [0.25, 0.3) is 22.0 Å². The molecule has 1 atom stereocenters. The van der Waals surface area contributed by atoms with Crippen LogP contribution >= 0.6 is 11.6 Å². The van der Waals surface area contributed by atoms with Crippen LogP contribution in [0.2, 0.25) is 5.15 Å². The number of carbonyl (C=O) groups is 1. The van der Waals surface area contributed by atoms with Gasteiger partial charge >= 0.3 is 6.09 Å². The Hall–Kier alpha value is -3.00. The van der Waals surface area contributed by atoms with E-state index in [1.165, 1.54) is 4.90 Å². The van der Waals surface area contributed by atoms with Crippen LogP contribution in [0.1, 0.15) is 19.8 Å². The monoisotopic (exact) mass is 443 g/mol. The molecule has 0 N–H and O–H groups in total. The number of fused-ring (bicyclic) bond motifs is 1. The minimum absolute atomic E-state index is 0.210. The largest absolute Gasteiger partial charge is 0.415 e. The second kappa shape index (κ2) is 9.43. The number of anilines is 1. The molecule has 1 fully saturated rings. The summed E-state index contributed by atoms with van der Waals surface area (Å²) in [5.41, 5.74) is 1.63. The van der Waals surface area contributed by atoms with Crippen molar-refractivity contribution in [3.8, 4) is 11.3 Å². The number of piperazine rings is 1. The predicted octanol–water partition coefficient (Wildman–Crippen LogP) is 4.70. The third-order valence-electron chi connectivity index (χ3n) is 5.22. The van der Waals surface area contributed by atoms with Crippen LogP contribution in [-0.4, -0.2) is 58.5 Å². The van der Waals surface area contributed by atoms with Crippen molar-refractivity contribution in [3.05, 3.63) is 48.0 Å². The molecule has 1 amide bonds. The minimum Gasteiger partial charge on any atom is -0.415 e. The van der Waals surface area contributed by atoms with Gasteiger partial charge in [0.15, 0.2) is 0 Å². The quantitative estimate of drug-likeness (QED) is 0.532. The zero-order valence-corrected chi connectivity index (χ0v) is 17.9. The standard InChI is InChI=1S/C22H23ClFN5O2/c1-2-3-20(24)31-22(30)29-10-8-28(9-11-29)21-17-5-6-25-14-16(17)12-18(27-21)15-4-7-26-19(23)13-15/h4-7,12-14,20H,2-3,8-11H2,1H3. The third kappa shape index (κ3) is 4.85. The fraction of sp³-hybridized carbons (Fsp3) is 0.364. The molecule has 0 spiro atoms. The molecule has 1 aliphatic rings. The molecule has 0 saturated carbocycles. The summed E-state index contributed by atoms with van der Waals surface area (Å²) in [5.74, 6) is 0.810. The SMILES string of the molecule is CCCC(F)OC(=O)N1CCN(c2nc(-c3ccnc(Cl)c3)cc3cnccc23)CC1. The van der Waals surface area contributed by atoms with Crippen molar-refractivity contribution < 1.29 is 13.9 Å². The van der Waals surface area contributed by atoms with Crippen molar-refractivity contribution in [3.63, 3.8) is 0 Å². The lowest BCUT2D eigenvalue weighted by atomic mass is 10.1. The Balaban J connectivity index is 1.56. The molecular formula is C22H23ClFN5O2. The highest BCUT2D eigenvalue weighted by molar-refractivity contribution is 6.29. The minimum atomic E-state index is -1.56. The van der Waals surface area contributed by atoms with E-state index in [0.717, 1.165) is 27.8 Å². The highest BCUT2D eigenvalue weighted by Crippen LogP contribution is 2.30. The molecule has 0 bridgehead atoms. The number of pyridine rings is 3. The van der Waals surface area contributed by atoms with E-state index in [0.29, 0.717) is 37.8 Å². The van der Waals surface area contributed by atoms with Gasteiger partial charge in [-0.3, -0.25) is 4.98 Å². The molecule has 0 radical (unpaired) electrons. The van der Waals surface area contributed by atoms with Gasteiger partial charge in [-0.25, -0.2) is 19.2 Å². The van der Waals surface area contributed by atoms with E-state index in [2.05, 4.69) is 14.9 Å². The average Bonchev–Trinajstić information content (AvgIpc) is 2.78.